The van der Waals surface area contributed by atoms with E-state index in [4.69, 9.17) is 16.0 Å². The molecule has 0 unspecified atom stereocenters. The molecule has 1 N–H and O–H groups in total. The summed E-state index contributed by atoms with van der Waals surface area (Å²) in [6.07, 6.45) is -0.803. The number of alkyl halides is 1. The van der Waals surface area contributed by atoms with Crippen molar-refractivity contribution in [2.45, 2.75) is 0 Å². The van der Waals surface area contributed by atoms with E-state index >= 15 is 0 Å². The number of hydrogen-bond acceptors (Lipinski definition) is 4. The van der Waals surface area contributed by atoms with E-state index in [1.807, 2.05) is 0 Å². The number of amides is 1. The molecule has 0 atom stereocenters. The summed E-state index contributed by atoms with van der Waals surface area (Å²) < 4.78 is 9.46. The van der Waals surface area contributed by atoms with E-state index in [2.05, 4.69) is 10.1 Å². The molecule has 6 heteroatoms. The van der Waals surface area contributed by atoms with Gasteiger partial charge in [0.25, 0.3) is 0 Å². The second kappa shape index (κ2) is 4.88. The van der Waals surface area contributed by atoms with Gasteiger partial charge in [0.15, 0.2) is 6.07 Å². The highest BCUT2D eigenvalue weighted by atomic mass is 35.5. The van der Waals surface area contributed by atoms with E-state index < -0.39 is 11.7 Å². The standard InChI is InChI=1S/C11H8ClNO4/c12-6-16-11(15)13-8-5-7-3-1-2-4-9(7)17-10(8)14/h1-5H,6H2,(H,13,15). The third-order valence-electron chi connectivity index (χ3n) is 2.06. The van der Waals surface area contributed by atoms with Gasteiger partial charge in [-0.15, -0.1) is 0 Å². The van der Waals surface area contributed by atoms with E-state index in [-0.39, 0.29) is 11.8 Å². The number of rotatable bonds is 2. The van der Waals surface area contributed by atoms with Crippen LogP contribution >= 0.6 is 11.6 Å². The summed E-state index contributed by atoms with van der Waals surface area (Å²) in [5.74, 6) is 0. The molecule has 17 heavy (non-hydrogen) atoms. The molecule has 0 saturated carbocycles. The van der Waals surface area contributed by atoms with E-state index in [0.717, 1.165) is 0 Å². The summed E-state index contributed by atoms with van der Waals surface area (Å²) in [7, 11) is 0. The molecule has 1 heterocycles. The molecule has 0 bridgehead atoms. The zero-order valence-electron chi connectivity index (χ0n) is 8.60. The van der Waals surface area contributed by atoms with Gasteiger partial charge in [-0.05, 0) is 12.1 Å². The second-order valence-corrected chi connectivity index (χ2v) is 3.37. The molecule has 0 fully saturated rings. The molecule has 1 amide bonds. The third-order valence-corrected chi connectivity index (χ3v) is 2.17. The largest absolute Gasteiger partial charge is 0.433 e. The van der Waals surface area contributed by atoms with Crippen molar-refractivity contribution in [3.05, 3.63) is 40.8 Å². The molecule has 1 aromatic carbocycles. The zero-order chi connectivity index (χ0) is 12.3. The summed E-state index contributed by atoms with van der Waals surface area (Å²) in [6, 6.07) is 8.19. The topological polar surface area (TPSA) is 68.5 Å². The molecule has 0 aliphatic heterocycles. The Morgan fingerprint density at radius 1 is 1.41 bits per heavy atom. The number of carbonyl (C=O) groups is 1. The van der Waals surface area contributed by atoms with E-state index in [0.29, 0.717) is 11.0 Å². The van der Waals surface area contributed by atoms with E-state index in [9.17, 15) is 9.59 Å². The van der Waals surface area contributed by atoms with Crippen LogP contribution in [0.4, 0.5) is 10.5 Å². The Morgan fingerprint density at radius 2 is 2.18 bits per heavy atom. The Balaban J connectivity index is 2.37. The monoisotopic (exact) mass is 253 g/mol. The Kier molecular flexibility index (Phi) is 3.30. The summed E-state index contributed by atoms with van der Waals surface area (Å²) in [4.78, 5) is 22.6. The number of para-hydroxylation sites is 1. The van der Waals surface area contributed by atoms with Gasteiger partial charge in [0.05, 0.1) is 0 Å². The minimum absolute atomic E-state index is 0.0128. The minimum atomic E-state index is -0.803. The van der Waals surface area contributed by atoms with Gasteiger partial charge in [-0.2, -0.15) is 0 Å². The number of benzene rings is 1. The third kappa shape index (κ3) is 2.57. The van der Waals surface area contributed by atoms with Crippen molar-refractivity contribution in [3.8, 4) is 0 Å². The number of anilines is 1. The van der Waals surface area contributed by atoms with Gasteiger partial charge in [0.2, 0.25) is 0 Å². The minimum Gasteiger partial charge on any atom is -0.433 e. The highest BCUT2D eigenvalue weighted by Crippen LogP contribution is 2.15. The lowest BCUT2D eigenvalue weighted by Crippen LogP contribution is -2.18. The predicted octanol–water partition coefficient (Wildman–Crippen LogP) is 2.54. The fourth-order valence-electron chi connectivity index (χ4n) is 1.34. The molecular weight excluding hydrogens is 246 g/mol. The van der Waals surface area contributed by atoms with Gasteiger partial charge in [0, 0.05) is 5.39 Å². The molecular formula is C11H8ClNO4. The van der Waals surface area contributed by atoms with Gasteiger partial charge < -0.3 is 9.15 Å². The molecule has 2 aromatic rings. The Morgan fingerprint density at radius 3 is 2.94 bits per heavy atom. The highest BCUT2D eigenvalue weighted by Gasteiger charge is 2.08. The van der Waals surface area contributed by atoms with Gasteiger partial charge in [-0.3, -0.25) is 5.32 Å². The molecule has 0 radical (unpaired) electrons. The summed E-state index contributed by atoms with van der Waals surface area (Å²) >= 11 is 5.21. The van der Waals surface area contributed by atoms with E-state index in [1.165, 1.54) is 6.07 Å². The molecule has 0 aliphatic rings. The Hall–Kier alpha value is -2.01. The number of halogens is 1. The van der Waals surface area contributed by atoms with Crippen LogP contribution in [0.3, 0.4) is 0 Å². The fraction of sp³-hybridized carbons (Fsp3) is 0.0909. The predicted molar refractivity (Wildman–Crippen MR) is 63.3 cm³/mol. The zero-order valence-corrected chi connectivity index (χ0v) is 9.36. The summed E-state index contributed by atoms with van der Waals surface area (Å²) in [6.45, 7) is 0. The lowest BCUT2D eigenvalue weighted by molar-refractivity contribution is 0.180. The number of ether oxygens (including phenoxy) is 1. The van der Waals surface area contributed by atoms with Gasteiger partial charge in [0.1, 0.15) is 11.3 Å². The van der Waals surface area contributed by atoms with Crippen LogP contribution in [0.15, 0.2) is 39.5 Å². The van der Waals surface area contributed by atoms with Gasteiger partial charge in [-0.25, -0.2) is 9.59 Å². The van der Waals surface area contributed by atoms with Crippen LogP contribution in [0.5, 0.6) is 0 Å². The number of hydrogen-bond donors (Lipinski definition) is 1. The van der Waals surface area contributed by atoms with Gasteiger partial charge in [-0.1, -0.05) is 29.8 Å². The lowest BCUT2D eigenvalue weighted by Gasteiger charge is -2.03. The highest BCUT2D eigenvalue weighted by molar-refractivity contribution is 6.17. The SMILES string of the molecule is O=C(Nc1cc2ccccc2oc1=O)OCCl. The van der Waals surface area contributed by atoms with Crippen molar-refractivity contribution in [1.29, 1.82) is 0 Å². The molecule has 0 spiro atoms. The summed E-state index contributed by atoms with van der Waals surface area (Å²) in [5, 5.41) is 2.95. The van der Waals surface area contributed by atoms with Crippen LogP contribution in [0, 0.1) is 0 Å². The maximum Gasteiger partial charge on any atom is 0.413 e. The first-order valence-corrected chi connectivity index (χ1v) is 5.27. The molecule has 0 saturated heterocycles. The first-order chi connectivity index (χ1) is 8.20. The van der Waals surface area contributed by atoms with Crippen LogP contribution < -0.4 is 10.9 Å². The van der Waals surface area contributed by atoms with Crippen molar-refractivity contribution >= 4 is 34.4 Å². The number of carbonyl (C=O) groups excluding carboxylic acids is 1. The Labute approximate surface area is 101 Å². The second-order valence-electron chi connectivity index (χ2n) is 3.15. The van der Waals surface area contributed by atoms with Crippen molar-refractivity contribution < 1.29 is 13.9 Å². The molecule has 0 aliphatic carbocycles. The van der Waals surface area contributed by atoms with Crippen molar-refractivity contribution in [2.24, 2.45) is 0 Å². The van der Waals surface area contributed by atoms with Gasteiger partial charge >= 0.3 is 11.7 Å². The first kappa shape index (κ1) is 11.5. The molecule has 1 aromatic heterocycles. The van der Waals surface area contributed by atoms with Crippen molar-refractivity contribution in [1.82, 2.24) is 0 Å². The van der Waals surface area contributed by atoms with Crippen LogP contribution in [0.25, 0.3) is 11.0 Å². The van der Waals surface area contributed by atoms with Crippen molar-refractivity contribution in [2.75, 3.05) is 11.4 Å². The smallest absolute Gasteiger partial charge is 0.413 e. The average molecular weight is 254 g/mol. The fourth-order valence-corrected chi connectivity index (χ4v) is 1.44. The van der Waals surface area contributed by atoms with Crippen LogP contribution in [0.1, 0.15) is 0 Å². The number of fused-ring (bicyclic) bond motifs is 1. The maximum atomic E-state index is 11.5. The van der Waals surface area contributed by atoms with E-state index in [1.54, 1.807) is 24.3 Å². The molecule has 88 valence electrons. The molecule has 2 rings (SSSR count). The quantitative estimate of drug-likeness (QED) is 0.660. The lowest BCUT2D eigenvalue weighted by atomic mass is 10.2. The van der Waals surface area contributed by atoms with Crippen LogP contribution in [-0.2, 0) is 4.74 Å². The Bertz CT molecular complexity index is 608. The van der Waals surface area contributed by atoms with Crippen LogP contribution in [0.2, 0.25) is 0 Å². The normalized spacial score (nSPS) is 10.2. The molecule has 5 nitrogen and oxygen atoms in total. The number of nitrogens with one attached hydrogen (secondary N) is 1. The van der Waals surface area contributed by atoms with Crippen LogP contribution in [-0.4, -0.2) is 12.2 Å². The van der Waals surface area contributed by atoms with Crippen molar-refractivity contribution in [3.63, 3.8) is 0 Å². The summed E-state index contributed by atoms with van der Waals surface area (Å²) in [5.41, 5.74) is -0.178. The first-order valence-electron chi connectivity index (χ1n) is 4.73. The maximum absolute atomic E-state index is 11.5. The average Bonchev–Trinajstić information content (AvgIpc) is 2.30.